The number of nitrogens with one attached hydrogen (secondary N) is 1. The van der Waals surface area contributed by atoms with Crippen molar-refractivity contribution in [2.24, 2.45) is 10.8 Å². The van der Waals surface area contributed by atoms with Gasteiger partial charge in [0.2, 0.25) is 5.91 Å². The molecule has 0 saturated carbocycles. The number of carboxylic acid groups (broad SMARTS) is 1. The van der Waals surface area contributed by atoms with Crippen molar-refractivity contribution >= 4 is 17.6 Å². The van der Waals surface area contributed by atoms with Crippen LogP contribution in [0.4, 0.5) is 5.69 Å². The Morgan fingerprint density at radius 1 is 0.962 bits per heavy atom. The number of methoxy groups -OCH3 is 1. The Hall–Kier alpha value is -2.64. The molecule has 4 heterocycles. The van der Waals surface area contributed by atoms with Crippen LogP contribution in [0.2, 0.25) is 0 Å². The van der Waals surface area contributed by atoms with Gasteiger partial charge in [0.05, 0.1) is 31.5 Å². The van der Waals surface area contributed by atoms with Crippen LogP contribution in [0.25, 0.3) is 0 Å². The summed E-state index contributed by atoms with van der Waals surface area (Å²) in [6.07, 6.45) is 4.36. The van der Waals surface area contributed by atoms with Crippen molar-refractivity contribution in [2.45, 2.75) is 24.4 Å². The first-order chi connectivity index (χ1) is 12.5. The van der Waals surface area contributed by atoms with Crippen molar-refractivity contribution in [3.8, 4) is 5.75 Å². The molecule has 0 spiro atoms. The number of rotatable bonds is 4. The highest BCUT2D eigenvalue weighted by Gasteiger charge is 2.84. The monoisotopic (exact) mass is 355 g/mol. The van der Waals surface area contributed by atoms with E-state index in [2.05, 4.69) is 5.32 Å². The molecule has 4 aliphatic rings. The van der Waals surface area contributed by atoms with Gasteiger partial charge in [-0.15, -0.1) is 0 Å². The number of amides is 1. The SMILES string of the molecule is COc1ccc(NC(=O)C23[C@@H]4C=C[C@@H](O4)C2(C(=O)O)[C@@H]2C=C[C@H]3O2)cc1. The molecule has 134 valence electrons. The molecule has 1 aromatic carbocycles. The predicted octanol–water partition coefficient (Wildman–Crippen LogP) is 1.37. The first-order valence-corrected chi connectivity index (χ1v) is 8.41. The lowest BCUT2D eigenvalue weighted by atomic mass is 9.52. The number of carboxylic acids is 1. The highest BCUT2D eigenvalue weighted by atomic mass is 16.6. The molecule has 2 N–H and O–H groups in total. The van der Waals surface area contributed by atoms with Crippen LogP contribution in [0, 0.1) is 10.8 Å². The number of fused-ring (bicyclic) bond motifs is 9. The Morgan fingerprint density at radius 2 is 1.46 bits per heavy atom. The van der Waals surface area contributed by atoms with Gasteiger partial charge in [-0.25, -0.2) is 0 Å². The van der Waals surface area contributed by atoms with Crippen LogP contribution in [0.5, 0.6) is 5.75 Å². The second-order valence-electron chi connectivity index (χ2n) is 6.95. The zero-order valence-electron chi connectivity index (χ0n) is 13.9. The summed E-state index contributed by atoms with van der Waals surface area (Å²) >= 11 is 0. The second kappa shape index (κ2) is 4.96. The standard InChI is InChI=1S/C19H17NO6/c1-24-11-4-2-10(3-5-11)20-16(21)18-12-6-8-14(25-12)19(18,17(22)23)15-9-7-13(18)26-15/h2-9,12-15H,1H3,(H,20,21)(H,22,23)/t12-,13+,14+,15-,18?,19?. The molecule has 6 atom stereocenters. The minimum Gasteiger partial charge on any atom is -0.497 e. The fraction of sp³-hybridized carbons (Fsp3) is 0.368. The van der Waals surface area contributed by atoms with E-state index in [0.29, 0.717) is 11.4 Å². The third-order valence-corrected chi connectivity index (χ3v) is 6.06. The molecule has 2 saturated heterocycles. The number of benzene rings is 1. The van der Waals surface area contributed by atoms with Gasteiger partial charge >= 0.3 is 5.97 Å². The zero-order chi connectivity index (χ0) is 18.1. The molecule has 0 aromatic heterocycles. The largest absolute Gasteiger partial charge is 0.497 e. The number of carbonyl (C=O) groups is 2. The Kier molecular flexibility index (Phi) is 2.98. The minimum atomic E-state index is -1.46. The van der Waals surface area contributed by atoms with E-state index in [-0.39, 0.29) is 0 Å². The van der Waals surface area contributed by atoms with E-state index in [1.165, 1.54) is 0 Å². The van der Waals surface area contributed by atoms with Crippen LogP contribution in [-0.4, -0.2) is 48.5 Å². The molecule has 7 heteroatoms. The summed E-state index contributed by atoms with van der Waals surface area (Å²) in [5, 5.41) is 13.0. The molecule has 5 rings (SSSR count). The van der Waals surface area contributed by atoms with E-state index < -0.39 is 47.1 Å². The molecule has 4 bridgehead atoms. The number of aliphatic carboxylic acids is 1. The highest BCUT2D eigenvalue weighted by molar-refractivity contribution is 6.03. The van der Waals surface area contributed by atoms with E-state index in [1.54, 1.807) is 55.7 Å². The third kappa shape index (κ3) is 1.52. The summed E-state index contributed by atoms with van der Waals surface area (Å²) in [4.78, 5) is 25.8. The van der Waals surface area contributed by atoms with Crippen LogP contribution in [0.3, 0.4) is 0 Å². The number of carbonyl (C=O) groups excluding carboxylic acids is 1. The van der Waals surface area contributed by atoms with Crippen LogP contribution < -0.4 is 10.1 Å². The van der Waals surface area contributed by atoms with Crippen LogP contribution in [-0.2, 0) is 19.1 Å². The van der Waals surface area contributed by atoms with E-state index in [1.807, 2.05) is 0 Å². The lowest BCUT2D eigenvalue weighted by molar-refractivity contribution is -0.161. The molecular weight excluding hydrogens is 338 g/mol. The molecule has 2 fully saturated rings. The van der Waals surface area contributed by atoms with Crippen LogP contribution in [0.1, 0.15) is 0 Å². The molecule has 2 unspecified atom stereocenters. The van der Waals surface area contributed by atoms with Gasteiger partial charge in [-0.3, -0.25) is 9.59 Å². The van der Waals surface area contributed by atoms with Crippen molar-refractivity contribution in [1.82, 2.24) is 0 Å². The molecule has 1 amide bonds. The lowest BCUT2D eigenvalue weighted by Gasteiger charge is -2.43. The highest BCUT2D eigenvalue weighted by Crippen LogP contribution is 2.68. The smallest absolute Gasteiger partial charge is 0.317 e. The number of ether oxygens (including phenoxy) is 3. The Labute approximate surface area is 149 Å². The van der Waals surface area contributed by atoms with Crippen molar-refractivity contribution in [2.75, 3.05) is 12.4 Å². The Balaban J connectivity index is 1.59. The fourth-order valence-electron chi connectivity index (χ4n) is 4.98. The van der Waals surface area contributed by atoms with Crippen LogP contribution in [0.15, 0.2) is 48.6 Å². The Bertz CT molecular complexity index is 829. The normalized spacial score (nSPS) is 40.7. The molecule has 0 aliphatic carbocycles. The second-order valence-corrected chi connectivity index (χ2v) is 6.95. The summed E-state index contributed by atoms with van der Waals surface area (Å²) in [7, 11) is 1.56. The molecule has 1 aromatic rings. The summed E-state index contributed by atoms with van der Waals surface area (Å²) in [5.74, 6) is -0.812. The van der Waals surface area contributed by atoms with Gasteiger partial charge in [0.1, 0.15) is 16.6 Å². The first kappa shape index (κ1) is 15.6. The predicted molar refractivity (Wildman–Crippen MR) is 89.7 cm³/mol. The molecule has 26 heavy (non-hydrogen) atoms. The van der Waals surface area contributed by atoms with Gasteiger partial charge in [-0.2, -0.15) is 0 Å². The summed E-state index contributed by atoms with van der Waals surface area (Å²) in [5.41, 5.74) is -2.23. The van der Waals surface area contributed by atoms with Gasteiger partial charge in [0, 0.05) is 5.69 Å². The van der Waals surface area contributed by atoms with Gasteiger partial charge in [-0.1, -0.05) is 24.3 Å². The number of hydrogen-bond acceptors (Lipinski definition) is 5. The first-order valence-electron chi connectivity index (χ1n) is 8.41. The molecule has 7 nitrogen and oxygen atoms in total. The van der Waals surface area contributed by atoms with E-state index >= 15 is 0 Å². The fourth-order valence-corrected chi connectivity index (χ4v) is 4.98. The lowest BCUT2D eigenvalue weighted by Crippen LogP contribution is -2.63. The summed E-state index contributed by atoms with van der Waals surface area (Å²) in [6.45, 7) is 0. The van der Waals surface area contributed by atoms with Crippen molar-refractivity contribution < 1.29 is 28.9 Å². The minimum absolute atomic E-state index is 0.404. The topological polar surface area (TPSA) is 94.1 Å². The van der Waals surface area contributed by atoms with Crippen molar-refractivity contribution in [3.63, 3.8) is 0 Å². The maximum absolute atomic E-state index is 13.4. The maximum Gasteiger partial charge on any atom is 0.317 e. The van der Waals surface area contributed by atoms with Gasteiger partial charge < -0.3 is 24.6 Å². The molecule has 4 aliphatic heterocycles. The van der Waals surface area contributed by atoms with Gasteiger partial charge in [0.25, 0.3) is 0 Å². The average Bonchev–Trinajstić information content (AvgIpc) is 3.40. The quantitative estimate of drug-likeness (QED) is 0.792. The maximum atomic E-state index is 13.4. The number of anilines is 1. The number of hydrogen-bond donors (Lipinski definition) is 2. The van der Waals surface area contributed by atoms with E-state index in [9.17, 15) is 14.7 Å². The third-order valence-electron chi connectivity index (χ3n) is 6.06. The zero-order valence-corrected chi connectivity index (χ0v) is 13.9. The average molecular weight is 355 g/mol. The summed E-state index contributed by atoms with van der Waals surface area (Å²) < 4.78 is 16.9. The molecule has 0 radical (unpaired) electrons. The van der Waals surface area contributed by atoms with Gasteiger partial charge in [0.15, 0.2) is 0 Å². The van der Waals surface area contributed by atoms with Crippen molar-refractivity contribution in [1.29, 1.82) is 0 Å². The van der Waals surface area contributed by atoms with E-state index in [0.717, 1.165) is 0 Å². The van der Waals surface area contributed by atoms with E-state index in [4.69, 9.17) is 14.2 Å². The van der Waals surface area contributed by atoms with Crippen LogP contribution >= 0.6 is 0 Å². The molecular formula is C19H17NO6. The van der Waals surface area contributed by atoms with Gasteiger partial charge in [-0.05, 0) is 24.3 Å². The Morgan fingerprint density at radius 3 is 1.92 bits per heavy atom. The summed E-state index contributed by atoms with van der Waals surface area (Å²) in [6, 6.07) is 6.88. The van der Waals surface area contributed by atoms with Crippen molar-refractivity contribution in [3.05, 3.63) is 48.6 Å².